The summed E-state index contributed by atoms with van der Waals surface area (Å²) in [6.45, 7) is 0.240. The fourth-order valence-corrected chi connectivity index (χ4v) is 3.19. The summed E-state index contributed by atoms with van der Waals surface area (Å²) in [6, 6.07) is 15.8. The second-order valence-electron chi connectivity index (χ2n) is 6.03. The molecule has 9 heteroatoms. The minimum Gasteiger partial charge on any atom is -0.489 e. The third kappa shape index (κ3) is 4.90. The first-order chi connectivity index (χ1) is 13.4. The summed E-state index contributed by atoms with van der Waals surface area (Å²) < 4.78 is 36.1. The molecule has 8 nitrogen and oxygen atoms in total. The molecule has 0 saturated heterocycles. The largest absolute Gasteiger partial charge is 0.489 e. The molecule has 0 aliphatic heterocycles. The van der Waals surface area contributed by atoms with E-state index in [1.54, 1.807) is 42.5 Å². The van der Waals surface area contributed by atoms with Crippen molar-refractivity contribution in [1.29, 1.82) is 0 Å². The quantitative estimate of drug-likeness (QED) is 0.317. The van der Waals surface area contributed by atoms with Gasteiger partial charge in [-0.1, -0.05) is 24.3 Å². The summed E-state index contributed by atoms with van der Waals surface area (Å²) in [7, 11) is -3.35. The molecule has 0 spiro atoms. The Labute approximate surface area is 162 Å². The number of nitrogen functional groups attached to an aromatic ring is 1. The molecule has 1 amide bonds. The van der Waals surface area contributed by atoms with E-state index >= 15 is 0 Å². The molecule has 0 saturated carbocycles. The van der Waals surface area contributed by atoms with Crippen molar-refractivity contribution in [3.8, 4) is 16.9 Å². The summed E-state index contributed by atoms with van der Waals surface area (Å²) in [5, 5.41) is 0. The van der Waals surface area contributed by atoms with Crippen LogP contribution in [0.2, 0.25) is 0 Å². The van der Waals surface area contributed by atoms with Crippen molar-refractivity contribution >= 4 is 21.6 Å². The van der Waals surface area contributed by atoms with Crippen LogP contribution in [0.15, 0.2) is 65.3 Å². The lowest BCUT2D eigenvalue weighted by molar-refractivity contribution is 0.0927. The molecule has 4 N–H and O–H groups in total. The van der Waals surface area contributed by atoms with Gasteiger partial charge in [0.25, 0.3) is 0 Å². The van der Waals surface area contributed by atoms with Crippen LogP contribution in [0.3, 0.4) is 0 Å². The molecule has 0 fully saturated rings. The molecular weight excluding hydrogens is 382 g/mol. The number of furan rings is 1. The first-order valence-electron chi connectivity index (χ1n) is 8.24. The number of hydrogen-bond donors (Lipinski definition) is 3. The number of carbonyl (C=O) groups is 1. The number of ether oxygens (including phenoxy) is 1. The predicted molar refractivity (Wildman–Crippen MR) is 105 cm³/mol. The number of amides is 1. The number of nitrogens with one attached hydrogen (secondary N) is 2. The summed E-state index contributed by atoms with van der Waals surface area (Å²) in [6.07, 6.45) is 2.50. The Hall–Kier alpha value is -3.30. The number of sulfonamides is 1. The van der Waals surface area contributed by atoms with Crippen LogP contribution in [0.5, 0.6) is 5.75 Å². The number of rotatable bonds is 7. The van der Waals surface area contributed by atoms with Crippen molar-refractivity contribution in [2.45, 2.75) is 6.61 Å². The maximum atomic E-state index is 11.8. The maximum Gasteiger partial charge on any atom is 0.301 e. The average Bonchev–Trinajstić information content (AvgIpc) is 3.15. The molecule has 0 unspecified atom stereocenters. The lowest BCUT2D eigenvalue weighted by Crippen LogP contribution is -2.29. The van der Waals surface area contributed by atoms with Crippen molar-refractivity contribution in [2.24, 2.45) is 5.84 Å². The van der Waals surface area contributed by atoms with E-state index in [1.165, 1.54) is 6.26 Å². The number of hydrogen-bond acceptors (Lipinski definition) is 6. The molecule has 2 aromatic carbocycles. The van der Waals surface area contributed by atoms with Gasteiger partial charge in [0, 0.05) is 11.3 Å². The van der Waals surface area contributed by atoms with Crippen molar-refractivity contribution in [3.05, 3.63) is 72.2 Å². The fraction of sp³-hybridized carbons (Fsp3) is 0.105. The first-order valence-corrected chi connectivity index (χ1v) is 10.1. The van der Waals surface area contributed by atoms with E-state index in [2.05, 4.69) is 4.72 Å². The van der Waals surface area contributed by atoms with Crippen LogP contribution in [0, 0.1) is 0 Å². The van der Waals surface area contributed by atoms with E-state index in [0.717, 1.165) is 17.4 Å². The molecule has 0 bridgehead atoms. The van der Waals surface area contributed by atoms with Crippen LogP contribution in [-0.2, 0) is 16.6 Å². The van der Waals surface area contributed by atoms with Gasteiger partial charge < -0.3 is 9.15 Å². The van der Waals surface area contributed by atoms with E-state index in [0.29, 0.717) is 17.0 Å². The van der Waals surface area contributed by atoms with Crippen LogP contribution in [-0.4, -0.2) is 20.6 Å². The van der Waals surface area contributed by atoms with Gasteiger partial charge in [-0.2, -0.15) is 0 Å². The highest BCUT2D eigenvalue weighted by atomic mass is 32.2. The number of hydrazine groups is 1. The predicted octanol–water partition coefficient (Wildman–Crippen LogP) is 2.50. The fourth-order valence-electron chi connectivity index (χ4n) is 2.64. The molecule has 3 rings (SSSR count). The molecule has 0 aliphatic rings. The van der Waals surface area contributed by atoms with Gasteiger partial charge in [0.05, 0.1) is 12.5 Å². The van der Waals surface area contributed by atoms with Gasteiger partial charge in [0.2, 0.25) is 10.0 Å². The lowest BCUT2D eigenvalue weighted by Gasteiger charge is -2.10. The van der Waals surface area contributed by atoms with Gasteiger partial charge in [-0.25, -0.2) is 14.3 Å². The second kappa shape index (κ2) is 8.15. The SMILES string of the molecule is CS(=O)(=O)Nc1cccc(COc2cccc(-c3ccoc3C(=O)NN)c2)c1. The average molecular weight is 401 g/mol. The molecule has 1 heterocycles. The molecule has 146 valence electrons. The van der Waals surface area contributed by atoms with Crippen LogP contribution in [0.25, 0.3) is 11.1 Å². The van der Waals surface area contributed by atoms with Gasteiger partial charge in [0.15, 0.2) is 5.76 Å². The Morgan fingerprint density at radius 3 is 2.68 bits per heavy atom. The molecule has 0 aliphatic carbocycles. The van der Waals surface area contributed by atoms with Crippen molar-refractivity contribution < 1.29 is 22.4 Å². The zero-order valence-electron chi connectivity index (χ0n) is 15.0. The van der Waals surface area contributed by atoms with Gasteiger partial charge in [0.1, 0.15) is 12.4 Å². The monoisotopic (exact) mass is 401 g/mol. The summed E-state index contributed by atoms with van der Waals surface area (Å²) in [5.74, 6) is 5.34. The highest BCUT2D eigenvalue weighted by molar-refractivity contribution is 7.92. The highest BCUT2D eigenvalue weighted by Gasteiger charge is 2.16. The standard InChI is InChI=1S/C19H19N3O5S/c1-28(24,25)22-15-6-2-4-13(10-15)12-27-16-7-3-5-14(11-16)17-8-9-26-18(17)19(23)21-20/h2-11,22H,12,20H2,1H3,(H,21,23). The second-order valence-corrected chi connectivity index (χ2v) is 7.78. The lowest BCUT2D eigenvalue weighted by atomic mass is 10.1. The number of benzene rings is 2. The zero-order valence-corrected chi connectivity index (χ0v) is 15.8. The Morgan fingerprint density at radius 2 is 1.93 bits per heavy atom. The summed E-state index contributed by atoms with van der Waals surface area (Å²) in [5.41, 5.74) is 4.63. The number of anilines is 1. The Balaban J connectivity index is 1.75. The van der Waals surface area contributed by atoms with Crippen LogP contribution >= 0.6 is 0 Å². The van der Waals surface area contributed by atoms with Crippen molar-refractivity contribution in [1.82, 2.24) is 5.43 Å². The van der Waals surface area contributed by atoms with Gasteiger partial charge in [-0.05, 0) is 41.5 Å². The summed E-state index contributed by atoms with van der Waals surface area (Å²) >= 11 is 0. The Bertz CT molecular complexity index is 1090. The molecule has 28 heavy (non-hydrogen) atoms. The van der Waals surface area contributed by atoms with E-state index < -0.39 is 15.9 Å². The summed E-state index contributed by atoms with van der Waals surface area (Å²) in [4.78, 5) is 11.8. The van der Waals surface area contributed by atoms with Crippen molar-refractivity contribution in [3.63, 3.8) is 0 Å². The topological polar surface area (TPSA) is 124 Å². The van der Waals surface area contributed by atoms with E-state index in [9.17, 15) is 13.2 Å². The molecule has 1 aromatic heterocycles. The van der Waals surface area contributed by atoms with Gasteiger partial charge in [-0.3, -0.25) is 14.9 Å². The molecule has 0 radical (unpaired) electrons. The molecular formula is C19H19N3O5S. The van der Waals surface area contributed by atoms with E-state index in [4.69, 9.17) is 15.0 Å². The Kier molecular flexibility index (Phi) is 5.67. The third-order valence-electron chi connectivity index (χ3n) is 3.78. The van der Waals surface area contributed by atoms with Crippen LogP contribution in [0.1, 0.15) is 16.1 Å². The maximum absolute atomic E-state index is 11.8. The smallest absolute Gasteiger partial charge is 0.301 e. The number of nitrogens with two attached hydrogens (primary N) is 1. The normalized spacial score (nSPS) is 11.1. The van der Waals surface area contributed by atoms with Gasteiger partial charge >= 0.3 is 5.91 Å². The highest BCUT2D eigenvalue weighted by Crippen LogP contribution is 2.28. The molecule has 0 atom stereocenters. The van der Waals surface area contributed by atoms with Crippen LogP contribution in [0.4, 0.5) is 5.69 Å². The minimum absolute atomic E-state index is 0.110. The van der Waals surface area contributed by atoms with Crippen LogP contribution < -0.4 is 20.7 Å². The first kappa shape index (κ1) is 19.5. The van der Waals surface area contributed by atoms with Gasteiger partial charge in [-0.15, -0.1) is 0 Å². The third-order valence-corrected chi connectivity index (χ3v) is 4.39. The number of carbonyl (C=O) groups excluding carboxylic acids is 1. The van der Waals surface area contributed by atoms with E-state index in [-0.39, 0.29) is 12.4 Å². The Morgan fingerprint density at radius 1 is 1.14 bits per heavy atom. The van der Waals surface area contributed by atoms with E-state index in [1.807, 2.05) is 17.6 Å². The van der Waals surface area contributed by atoms with Crippen molar-refractivity contribution in [2.75, 3.05) is 11.0 Å². The minimum atomic E-state index is -3.35. The molecule has 3 aromatic rings. The zero-order chi connectivity index (χ0) is 20.1.